The zero-order valence-corrected chi connectivity index (χ0v) is 52.5. The highest BCUT2D eigenvalue weighted by atomic mass is 127. The van der Waals surface area contributed by atoms with Crippen LogP contribution in [-0.4, -0.2) is 156 Å². The summed E-state index contributed by atoms with van der Waals surface area (Å²) in [7, 11) is -3.99. The van der Waals surface area contributed by atoms with Crippen LogP contribution in [0.25, 0.3) is 0 Å². The van der Waals surface area contributed by atoms with E-state index >= 15 is 0 Å². The number of ether oxygens (including phenoxy) is 3. The SMILES string of the molecule is CC(C)(C)OC(=O)N1CCN(c2ccc3c(c2)[Si](C)(C)c2cc(N4CCN(C(=O)OC(C)(C)C)CC4)ccc2C3=O)CC1.CC(C)(C)OC(=O)N1CCNCC1.C[Si]1(C)c2cc(I)ccc2C(=O)c2ccc(I)cc21. The van der Waals surface area contributed by atoms with Crippen molar-refractivity contribution < 1.29 is 38.2 Å². The molecule has 1 N–H and O–H groups in total. The van der Waals surface area contributed by atoms with Gasteiger partial charge in [0.05, 0.1) is 0 Å². The van der Waals surface area contributed by atoms with Gasteiger partial charge in [0.1, 0.15) is 33.0 Å². The Bertz CT molecular complexity index is 2660. The Labute approximate surface area is 473 Å². The van der Waals surface area contributed by atoms with E-state index < -0.39 is 27.3 Å². The molecule has 9 rings (SSSR count). The number of fused-ring (bicyclic) bond motifs is 4. The number of halogens is 2. The van der Waals surface area contributed by atoms with Gasteiger partial charge >= 0.3 is 18.3 Å². The second-order valence-corrected chi connectivity index (χ2v) is 35.0. The maximum Gasteiger partial charge on any atom is 0.410 e. The van der Waals surface area contributed by atoms with Crippen LogP contribution in [0.1, 0.15) is 94.2 Å². The molecule has 0 spiro atoms. The lowest BCUT2D eigenvalue weighted by Crippen LogP contribution is -2.60. The maximum atomic E-state index is 13.7. The van der Waals surface area contributed by atoms with Gasteiger partial charge in [-0.1, -0.05) is 38.3 Å². The number of benzene rings is 4. The fourth-order valence-electron chi connectivity index (χ4n) is 10.1. The fraction of sp³-hybridized carbons (Fsp3) is 0.491. The van der Waals surface area contributed by atoms with Crippen LogP contribution in [-0.2, 0) is 14.2 Å². The van der Waals surface area contributed by atoms with Crippen molar-refractivity contribution >= 4 is 123 Å². The molecule has 0 bridgehead atoms. The Morgan fingerprint density at radius 2 is 0.720 bits per heavy atom. The second kappa shape index (κ2) is 22.8. The lowest BCUT2D eigenvalue weighted by Gasteiger charge is -2.39. The average molecular weight is 1280 g/mol. The third kappa shape index (κ3) is 14.0. The molecular weight excluding hydrogens is 1210 g/mol. The zero-order chi connectivity index (χ0) is 55.0. The number of hydrogen-bond donors (Lipinski definition) is 1. The number of nitrogens with one attached hydrogen (secondary N) is 1. The maximum absolute atomic E-state index is 13.7. The van der Waals surface area contributed by atoms with Crippen molar-refractivity contribution in [2.75, 3.05) is 88.3 Å². The van der Waals surface area contributed by atoms with Gasteiger partial charge in [-0.3, -0.25) is 9.59 Å². The molecule has 0 aliphatic carbocycles. The highest BCUT2D eigenvalue weighted by molar-refractivity contribution is 14.1. The van der Waals surface area contributed by atoms with E-state index in [0.29, 0.717) is 52.4 Å². The monoisotopic (exact) mass is 1280 g/mol. The minimum Gasteiger partial charge on any atom is -0.444 e. The third-order valence-corrected chi connectivity index (χ3v) is 22.4. The number of anilines is 2. The van der Waals surface area contributed by atoms with Crippen LogP contribution in [0.4, 0.5) is 25.8 Å². The minimum atomic E-state index is -2.22. The summed E-state index contributed by atoms with van der Waals surface area (Å²) < 4.78 is 18.8. The Kier molecular flexibility index (Phi) is 17.7. The van der Waals surface area contributed by atoms with Gasteiger partial charge in [-0.15, -0.1) is 0 Å². The van der Waals surface area contributed by atoms with Crippen molar-refractivity contribution in [1.29, 1.82) is 0 Å². The van der Waals surface area contributed by atoms with Gasteiger partial charge in [-0.2, -0.15) is 0 Å². The Hall–Kier alpha value is -4.52. The molecular formula is C57H76I2N6O8Si2. The number of amides is 3. The second-order valence-electron chi connectivity index (χ2n) is 23.9. The van der Waals surface area contributed by atoms with E-state index in [1.165, 1.54) is 17.5 Å². The molecule has 0 saturated carbocycles. The highest BCUT2D eigenvalue weighted by Gasteiger charge is 2.41. The standard InChI is InChI=1S/C33H46N4O5Si.C15H12I2OSi.C9H18N2O2/c1-32(2,3)41-30(39)36-17-13-34(14-18-36)23-9-11-25-27(21-23)43(7,8)28-22-24(10-12-26(28)29(25)38)35-15-19-37(20-16-35)31(40)42-33(4,5)6;1-19(2)13-7-9(16)3-5-11(13)15(18)12-6-4-10(17)8-14(12)19;1-9(2,3)13-8(12)11-6-4-10-5-7-11/h9-12,21-22H,13-20H2,1-8H3;3-8H,1-2H3;10H,4-7H2,1-3H3. The molecule has 5 heterocycles. The fourth-order valence-corrected chi connectivity index (χ4v) is 17.7. The number of carbonyl (C=O) groups is 5. The summed E-state index contributed by atoms with van der Waals surface area (Å²) in [6.07, 6.45) is -0.736. The summed E-state index contributed by atoms with van der Waals surface area (Å²) in [4.78, 5) is 72.8. The van der Waals surface area contributed by atoms with Crippen LogP contribution in [0, 0.1) is 7.14 Å². The van der Waals surface area contributed by atoms with Crippen LogP contribution in [0.15, 0.2) is 72.8 Å². The predicted octanol–water partition coefficient (Wildman–Crippen LogP) is 8.26. The van der Waals surface area contributed by atoms with E-state index in [0.717, 1.165) is 70.2 Å². The molecule has 0 atom stereocenters. The van der Waals surface area contributed by atoms with Crippen molar-refractivity contribution in [1.82, 2.24) is 20.0 Å². The van der Waals surface area contributed by atoms with Crippen molar-refractivity contribution in [2.45, 2.75) is 105 Å². The van der Waals surface area contributed by atoms with Gasteiger partial charge < -0.3 is 44.0 Å². The first-order valence-electron chi connectivity index (χ1n) is 26.1. The van der Waals surface area contributed by atoms with Crippen LogP contribution in [0.2, 0.25) is 26.2 Å². The molecule has 14 nitrogen and oxygen atoms in total. The Balaban J connectivity index is 0.000000208. The minimum absolute atomic E-state index is 0.0828. The average Bonchev–Trinajstić information content (AvgIpc) is 3.34. The lowest BCUT2D eigenvalue weighted by atomic mass is 10.0. The quantitative estimate of drug-likeness (QED) is 0.118. The van der Waals surface area contributed by atoms with Crippen LogP contribution < -0.4 is 35.9 Å². The first-order chi connectivity index (χ1) is 34.9. The summed E-state index contributed by atoms with van der Waals surface area (Å²) in [6, 6.07) is 25.0. The molecule has 0 aromatic heterocycles. The van der Waals surface area contributed by atoms with Crippen molar-refractivity contribution in [3.63, 3.8) is 0 Å². The number of ketones is 2. The van der Waals surface area contributed by atoms with Gasteiger partial charge in [0.15, 0.2) is 11.6 Å². The van der Waals surface area contributed by atoms with E-state index in [9.17, 15) is 24.0 Å². The van der Waals surface area contributed by atoms with E-state index in [-0.39, 0.29) is 35.4 Å². The van der Waals surface area contributed by atoms with Crippen LogP contribution in [0.5, 0.6) is 0 Å². The van der Waals surface area contributed by atoms with E-state index in [1.54, 1.807) is 14.7 Å². The molecule has 5 aliphatic rings. The van der Waals surface area contributed by atoms with Gasteiger partial charge in [0.25, 0.3) is 0 Å². The lowest BCUT2D eigenvalue weighted by molar-refractivity contribution is 0.0221. The number of hydrogen-bond acceptors (Lipinski definition) is 11. The Morgan fingerprint density at radius 3 is 1.03 bits per heavy atom. The molecule has 4 aromatic rings. The largest absolute Gasteiger partial charge is 0.444 e. The van der Waals surface area contributed by atoms with E-state index in [2.05, 4.69) is 111 Å². The molecule has 3 amide bonds. The number of nitrogens with zero attached hydrogens (tertiary/aromatic N) is 5. The van der Waals surface area contributed by atoms with Gasteiger partial charge in [0, 0.05) is 119 Å². The van der Waals surface area contributed by atoms with Gasteiger partial charge in [-0.25, -0.2) is 14.4 Å². The molecule has 404 valence electrons. The molecule has 5 aliphatic heterocycles. The zero-order valence-electron chi connectivity index (χ0n) is 46.2. The first-order valence-corrected chi connectivity index (χ1v) is 34.2. The van der Waals surface area contributed by atoms with E-state index in [1.807, 2.05) is 111 Å². The molecule has 4 aromatic carbocycles. The number of piperazine rings is 3. The Morgan fingerprint density at radius 1 is 0.440 bits per heavy atom. The van der Waals surface area contributed by atoms with Crippen molar-refractivity contribution in [3.8, 4) is 0 Å². The number of rotatable bonds is 2. The highest BCUT2D eigenvalue weighted by Crippen LogP contribution is 2.29. The summed E-state index contributed by atoms with van der Waals surface area (Å²) in [5.74, 6) is 0.268. The molecule has 0 radical (unpaired) electrons. The molecule has 18 heteroatoms. The van der Waals surface area contributed by atoms with Gasteiger partial charge in [0.2, 0.25) is 0 Å². The normalized spacial score (nSPS) is 17.9. The topological polar surface area (TPSA) is 141 Å². The summed E-state index contributed by atoms with van der Waals surface area (Å²) in [5, 5.41) is 8.05. The number of carbonyl (C=O) groups excluding carboxylic acids is 5. The van der Waals surface area contributed by atoms with Gasteiger partial charge in [-0.05, 0) is 189 Å². The van der Waals surface area contributed by atoms with Crippen LogP contribution >= 0.6 is 45.2 Å². The van der Waals surface area contributed by atoms with Crippen LogP contribution in [0.3, 0.4) is 0 Å². The molecule has 3 saturated heterocycles. The smallest absolute Gasteiger partial charge is 0.410 e. The molecule has 3 fully saturated rings. The predicted molar refractivity (Wildman–Crippen MR) is 322 cm³/mol. The summed E-state index contributed by atoms with van der Waals surface area (Å²) in [6.45, 7) is 34.7. The van der Waals surface area contributed by atoms with Crippen molar-refractivity contribution in [3.05, 3.63) is 102 Å². The van der Waals surface area contributed by atoms with E-state index in [4.69, 9.17) is 14.2 Å². The molecule has 0 unspecified atom stereocenters. The summed E-state index contributed by atoms with van der Waals surface area (Å²) in [5.41, 5.74) is 4.19. The third-order valence-electron chi connectivity index (χ3n) is 14.0. The summed E-state index contributed by atoms with van der Waals surface area (Å²) >= 11 is 4.65. The first kappa shape index (κ1) is 58.2. The molecule has 75 heavy (non-hydrogen) atoms. The van der Waals surface area contributed by atoms with Crippen molar-refractivity contribution in [2.24, 2.45) is 0 Å².